The largest absolute Gasteiger partial charge is 0.481 e. The van der Waals surface area contributed by atoms with Crippen molar-refractivity contribution >= 4 is 57.4 Å². The van der Waals surface area contributed by atoms with Crippen LogP contribution in [0.3, 0.4) is 0 Å². The van der Waals surface area contributed by atoms with E-state index in [1.54, 1.807) is 0 Å². The van der Waals surface area contributed by atoms with Crippen molar-refractivity contribution in [2.45, 2.75) is 77.6 Å². The Bertz CT molecular complexity index is 149. The summed E-state index contributed by atoms with van der Waals surface area (Å²) in [4.78, 5) is 10.2. The van der Waals surface area contributed by atoms with Gasteiger partial charge in [0.15, 0.2) is 0 Å². The Morgan fingerprint density at radius 1 is 0.812 bits per heavy atom. The third-order valence-corrected chi connectivity index (χ3v) is 2.74. The van der Waals surface area contributed by atoms with Gasteiger partial charge in [-0.2, -0.15) is 0 Å². The first-order chi connectivity index (χ1) is 7.27. The second-order valence-corrected chi connectivity index (χ2v) is 4.33. The van der Waals surface area contributed by atoms with Crippen LogP contribution in [-0.2, 0) is 4.79 Å². The first kappa shape index (κ1) is 19.4. The summed E-state index contributed by atoms with van der Waals surface area (Å²) in [6.45, 7) is 2.24. The van der Waals surface area contributed by atoms with Crippen molar-refractivity contribution in [1.29, 1.82) is 0 Å². The van der Waals surface area contributed by atoms with E-state index in [0.29, 0.717) is 6.42 Å². The molecular formula is C13H26KO2. The van der Waals surface area contributed by atoms with Crippen LogP contribution in [0.15, 0.2) is 0 Å². The molecule has 2 nitrogen and oxygen atoms in total. The first-order valence-corrected chi connectivity index (χ1v) is 6.49. The quantitative estimate of drug-likeness (QED) is 0.446. The van der Waals surface area contributed by atoms with Crippen LogP contribution in [0.1, 0.15) is 77.6 Å². The Kier molecular flexibility index (Phi) is 19.6. The molecule has 0 aromatic carbocycles. The predicted molar refractivity (Wildman–Crippen MR) is 69.9 cm³/mol. The van der Waals surface area contributed by atoms with Gasteiger partial charge in [0.1, 0.15) is 0 Å². The third kappa shape index (κ3) is 17.5. The predicted octanol–water partition coefficient (Wildman–Crippen LogP) is 4.00. The maximum Gasteiger partial charge on any atom is 0.303 e. The second-order valence-electron chi connectivity index (χ2n) is 4.33. The molecule has 16 heavy (non-hydrogen) atoms. The average Bonchev–Trinajstić information content (AvgIpc) is 2.20. The summed E-state index contributed by atoms with van der Waals surface area (Å²) in [5.74, 6) is -0.658. The fourth-order valence-corrected chi connectivity index (χ4v) is 1.76. The van der Waals surface area contributed by atoms with Crippen LogP contribution < -0.4 is 0 Å². The van der Waals surface area contributed by atoms with Crippen molar-refractivity contribution in [2.75, 3.05) is 0 Å². The van der Waals surface area contributed by atoms with Crippen LogP contribution in [0.25, 0.3) is 0 Å². The van der Waals surface area contributed by atoms with E-state index in [0.717, 1.165) is 12.8 Å². The zero-order chi connectivity index (χ0) is 11.4. The fraction of sp³-hybridized carbons (Fsp3) is 0.923. The van der Waals surface area contributed by atoms with Crippen molar-refractivity contribution in [3.63, 3.8) is 0 Å². The molecule has 0 aliphatic heterocycles. The Hall–Kier alpha value is 1.11. The monoisotopic (exact) mass is 253 g/mol. The molecule has 0 fully saturated rings. The molecule has 3 heteroatoms. The number of rotatable bonds is 11. The van der Waals surface area contributed by atoms with Crippen LogP contribution in [0.5, 0.6) is 0 Å². The molecule has 0 aliphatic carbocycles. The van der Waals surface area contributed by atoms with Gasteiger partial charge in [-0.15, -0.1) is 0 Å². The van der Waals surface area contributed by atoms with Crippen LogP contribution in [0.4, 0.5) is 0 Å². The van der Waals surface area contributed by atoms with Crippen LogP contribution in [-0.4, -0.2) is 62.5 Å². The van der Waals surface area contributed by atoms with E-state index in [-0.39, 0.29) is 51.4 Å². The molecule has 0 spiro atoms. The van der Waals surface area contributed by atoms with Gasteiger partial charge >= 0.3 is 5.97 Å². The maximum atomic E-state index is 10.2. The standard InChI is InChI=1S/C13H26O2.K/c1-2-3-4-5-6-7-8-9-10-11-12-13(14)15;/h2-12H2,1H3,(H,14,15);. The van der Waals surface area contributed by atoms with Crippen molar-refractivity contribution in [2.24, 2.45) is 0 Å². The normalized spacial score (nSPS) is 9.81. The molecule has 0 unspecified atom stereocenters. The van der Waals surface area contributed by atoms with Crippen LogP contribution in [0.2, 0.25) is 0 Å². The molecule has 0 aromatic rings. The SMILES string of the molecule is CCCCCCCCCCCCC(=O)O.[K]. The van der Waals surface area contributed by atoms with E-state index in [2.05, 4.69) is 6.92 Å². The summed E-state index contributed by atoms with van der Waals surface area (Å²) in [5, 5.41) is 8.44. The van der Waals surface area contributed by atoms with Gasteiger partial charge in [0.05, 0.1) is 0 Å². The van der Waals surface area contributed by atoms with E-state index in [1.807, 2.05) is 0 Å². The molecule has 0 atom stereocenters. The number of aliphatic carboxylic acids is 1. The molecule has 1 radical (unpaired) electrons. The average molecular weight is 253 g/mol. The molecule has 0 aromatic heterocycles. The van der Waals surface area contributed by atoms with Crippen molar-refractivity contribution in [1.82, 2.24) is 0 Å². The molecule has 0 amide bonds. The number of hydrogen-bond acceptors (Lipinski definition) is 1. The first-order valence-electron chi connectivity index (χ1n) is 6.49. The Morgan fingerprint density at radius 3 is 1.56 bits per heavy atom. The summed E-state index contributed by atoms with van der Waals surface area (Å²) in [5.41, 5.74) is 0. The molecule has 0 saturated heterocycles. The summed E-state index contributed by atoms with van der Waals surface area (Å²) >= 11 is 0. The summed E-state index contributed by atoms with van der Waals surface area (Å²) in [6.07, 6.45) is 12.9. The van der Waals surface area contributed by atoms with E-state index in [1.165, 1.54) is 51.4 Å². The van der Waals surface area contributed by atoms with Gasteiger partial charge in [0, 0.05) is 57.8 Å². The Morgan fingerprint density at radius 2 is 1.19 bits per heavy atom. The van der Waals surface area contributed by atoms with Crippen LogP contribution in [0, 0.1) is 0 Å². The zero-order valence-corrected chi connectivity index (χ0v) is 14.3. The molecular weight excluding hydrogens is 227 g/mol. The molecule has 0 rings (SSSR count). The van der Waals surface area contributed by atoms with Crippen molar-refractivity contribution in [3.8, 4) is 0 Å². The maximum absolute atomic E-state index is 10.2. The summed E-state index contributed by atoms with van der Waals surface area (Å²) < 4.78 is 0. The van der Waals surface area contributed by atoms with Crippen molar-refractivity contribution in [3.05, 3.63) is 0 Å². The Labute approximate surface area is 143 Å². The van der Waals surface area contributed by atoms with Gasteiger partial charge in [-0.05, 0) is 6.42 Å². The fourth-order valence-electron chi connectivity index (χ4n) is 1.76. The second kappa shape index (κ2) is 16.1. The van der Waals surface area contributed by atoms with E-state index in [9.17, 15) is 4.79 Å². The van der Waals surface area contributed by atoms with Gasteiger partial charge in [-0.25, -0.2) is 0 Å². The van der Waals surface area contributed by atoms with Crippen LogP contribution >= 0.6 is 0 Å². The minimum absolute atomic E-state index is 0. The number of carboxylic acid groups (broad SMARTS) is 1. The molecule has 91 valence electrons. The zero-order valence-electron chi connectivity index (χ0n) is 11.1. The summed E-state index contributed by atoms with van der Waals surface area (Å²) in [6, 6.07) is 0. The van der Waals surface area contributed by atoms with Gasteiger partial charge in [0.25, 0.3) is 0 Å². The molecule has 0 bridgehead atoms. The number of carbonyl (C=O) groups is 1. The molecule has 0 saturated carbocycles. The molecule has 1 N–H and O–H groups in total. The molecule has 0 heterocycles. The van der Waals surface area contributed by atoms with E-state index >= 15 is 0 Å². The third-order valence-electron chi connectivity index (χ3n) is 2.74. The van der Waals surface area contributed by atoms with Gasteiger partial charge < -0.3 is 5.11 Å². The van der Waals surface area contributed by atoms with E-state index in [4.69, 9.17) is 5.11 Å². The minimum atomic E-state index is -0.658. The Balaban J connectivity index is 0. The van der Waals surface area contributed by atoms with Crippen molar-refractivity contribution < 1.29 is 9.90 Å². The number of carboxylic acids is 1. The van der Waals surface area contributed by atoms with Gasteiger partial charge in [-0.1, -0.05) is 64.7 Å². The minimum Gasteiger partial charge on any atom is -0.481 e. The summed E-state index contributed by atoms with van der Waals surface area (Å²) in [7, 11) is 0. The smallest absolute Gasteiger partial charge is 0.303 e. The molecule has 0 aliphatic rings. The van der Waals surface area contributed by atoms with E-state index < -0.39 is 5.97 Å². The number of unbranched alkanes of at least 4 members (excludes halogenated alkanes) is 9. The topological polar surface area (TPSA) is 37.3 Å². The van der Waals surface area contributed by atoms with Gasteiger partial charge in [0.2, 0.25) is 0 Å². The number of hydrogen-bond donors (Lipinski definition) is 1. The van der Waals surface area contributed by atoms with Gasteiger partial charge in [-0.3, -0.25) is 4.79 Å².